The normalized spacial score (nSPS) is 15.6. The number of halogens is 1. The molecule has 0 radical (unpaired) electrons. The van der Waals surface area contributed by atoms with E-state index in [-0.39, 0.29) is 16.4 Å². The van der Waals surface area contributed by atoms with Crippen LogP contribution < -0.4 is 10.2 Å². The van der Waals surface area contributed by atoms with E-state index in [1.165, 1.54) is 39.0 Å². The van der Waals surface area contributed by atoms with Gasteiger partial charge in [0.25, 0.3) is 17.5 Å². The number of rotatable bonds is 4. The highest BCUT2D eigenvalue weighted by molar-refractivity contribution is 7.80. The Hall–Kier alpha value is -2.92. The first-order valence-corrected chi connectivity index (χ1v) is 11.0. The number of carbonyl (C=O) groups is 2. The highest BCUT2D eigenvalue weighted by atomic mass is 35.5. The molecule has 1 fully saturated rings. The standard InChI is InChI=1S/C19H10ClN3O4S3/c20-11-1-3-12(4-2-11)22-18(25)13(17(24)21-19(22)28)5-10-6-29-7-14(10)15-8-30-9-16(15)23(26)27/h1-9H,(H,21,24,28). The number of nitrogens with zero attached hydrogens (tertiary/aromatic N) is 2. The summed E-state index contributed by atoms with van der Waals surface area (Å²) >= 11 is 13.6. The Labute approximate surface area is 188 Å². The molecular weight excluding hydrogens is 466 g/mol. The first-order valence-electron chi connectivity index (χ1n) is 8.31. The highest BCUT2D eigenvalue weighted by Gasteiger charge is 2.34. The molecule has 1 N–H and O–H groups in total. The molecule has 0 atom stereocenters. The van der Waals surface area contributed by atoms with Crippen LogP contribution >= 0.6 is 46.5 Å². The van der Waals surface area contributed by atoms with Gasteiger partial charge >= 0.3 is 0 Å². The fourth-order valence-corrected chi connectivity index (χ4v) is 4.92. The maximum Gasteiger partial charge on any atom is 0.287 e. The molecule has 1 saturated heterocycles. The smallest absolute Gasteiger partial charge is 0.287 e. The molecule has 2 amide bonds. The fraction of sp³-hybridized carbons (Fsp3) is 0. The van der Waals surface area contributed by atoms with E-state index in [0.29, 0.717) is 27.4 Å². The van der Waals surface area contributed by atoms with Crippen molar-refractivity contribution in [3.05, 3.63) is 72.1 Å². The van der Waals surface area contributed by atoms with Crippen LogP contribution in [-0.2, 0) is 9.59 Å². The molecule has 2 aromatic heterocycles. The number of nitro groups is 1. The van der Waals surface area contributed by atoms with Gasteiger partial charge in [-0.25, -0.2) is 0 Å². The molecule has 11 heteroatoms. The zero-order chi connectivity index (χ0) is 21.4. The van der Waals surface area contributed by atoms with E-state index >= 15 is 0 Å². The lowest BCUT2D eigenvalue weighted by atomic mass is 10.0. The van der Waals surface area contributed by atoms with Crippen molar-refractivity contribution in [1.82, 2.24) is 5.32 Å². The molecule has 150 valence electrons. The quantitative estimate of drug-likeness (QED) is 0.191. The Bertz CT molecular complexity index is 1230. The number of benzene rings is 1. The average Bonchev–Trinajstić information content (AvgIpc) is 3.35. The van der Waals surface area contributed by atoms with Gasteiger partial charge in [-0.15, -0.1) is 11.3 Å². The lowest BCUT2D eigenvalue weighted by Gasteiger charge is -2.28. The highest BCUT2D eigenvalue weighted by Crippen LogP contribution is 2.38. The topological polar surface area (TPSA) is 92.6 Å². The molecule has 4 rings (SSSR count). The van der Waals surface area contributed by atoms with E-state index in [9.17, 15) is 19.7 Å². The molecule has 0 aliphatic carbocycles. The first kappa shape index (κ1) is 20.4. The van der Waals surface area contributed by atoms with Gasteiger partial charge < -0.3 is 0 Å². The summed E-state index contributed by atoms with van der Waals surface area (Å²) in [5.41, 5.74) is 1.85. The predicted octanol–water partition coefficient (Wildman–Crippen LogP) is 4.87. The monoisotopic (exact) mass is 475 g/mol. The van der Waals surface area contributed by atoms with E-state index in [1.54, 1.807) is 40.4 Å². The Morgan fingerprint density at radius 3 is 2.43 bits per heavy atom. The number of hydrogen-bond donors (Lipinski definition) is 1. The fourth-order valence-electron chi connectivity index (χ4n) is 2.91. The molecule has 3 aromatic rings. The van der Waals surface area contributed by atoms with Crippen molar-refractivity contribution in [2.24, 2.45) is 0 Å². The minimum Gasteiger partial charge on any atom is -0.298 e. The summed E-state index contributed by atoms with van der Waals surface area (Å²) in [4.78, 5) is 37.7. The first-order chi connectivity index (χ1) is 14.4. The van der Waals surface area contributed by atoms with Crippen molar-refractivity contribution < 1.29 is 14.5 Å². The molecule has 1 aromatic carbocycles. The maximum atomic E-state index is 13.1. The molecule has 1 aliphatic heterocycles. The van der Waals surface area contributed by atoms with Crippen LogP contribution in [0.15, 0.2) is 51.4 Å². The van der Waals surface area contributed by atoms with Crippen LogP contribution in [0.4, 0.5) is 11.4 Å². The average molecular weight is 476 g/mol. The number of carbonyl (C=O) groups excluding carboxylic acids is 2. The molecule has 0 saturated carbocycles. The zero-order valence-corrected chi connectivity index (χ0v) is 18.0. The molecular formula is C19H10ClN3O4S3. The van der Waals surface area contributed by atoms with Gasteiger partial charge in [0.15, 0.2) is 5.11 Å². The number of amides is 2. The van der Waals surface area contributed by atoms with E-state index in [2.05, 4.69) is 5.32 Å². The SMILES string of the molecule is O=C1NC(=S)N(c2ccc(Cl)cc2)C(=O)C1=Cc1cscc1-c1cscc1[N+](=O)[O-]. The van der Waals surface area contributed by atoms with Gasteiger partial charge in [-0.05, 0) is 58.9 Å². The Balaban J connectivity index is 1.76. The van der Waals surface area contributed by atoms with Crippen molar-refractivity contribution in [1.29, 1.82) is 0 Å². The van der Waals surface area contributed by atoms with E-state index < -0.39 is 16.7 Å². The zero-order valence-electron chi connectivity index (χ0n) is 14.8. The van der Waals surface area contributed by atoms with Gasteiger partial charge in [0.2, 0.25) is 0 Å². The summed E-state index contributed by atoms with van der Waals surface area (Å²) in [6.07, 6.45) is 1.43. The van der Waals surface area contributed by atoms with Gasteiger partial charge in [0.1, 0.15) is 5.57 Å². The van der Waals surface area contributed by atoms with E-state index in [0.717, 1.165) is 0 Å². The Morgan fingerprint density at radius 2 is 1.73 bits per heavy atom. The molecule has 1 aliphatic rings. The molecule has 30 heavy (non-hydrogen) atoms. The van der Waals surface area contributed by atoms with Gasteiger partial charge in [-0.3, -0.25) is 29.9 Å². The second-order valence-corrected chi connectivity index (χ2v) is 8.41. The summed E-state index contributed by atoms with van der Waals surface area (Å²) in [6.45, 7) is 0. The minimum atomic E-state index is -0.632. The van der Waals surface area contributed by atoms with Gasteiger partial charge in [-0.1, -0.05) is 11.6 Å². The van der Waals surface area contributed by atoms with Gasteiger partial charge in [0, 0.05) is 16.0 Å². The summed E-state index contributed by atoms with van der Waals surface area (Å²) in [5, 5.41) is 20.8. The summed E-state index contributed by atoms with van der Waals surface area (Å²) in [6, 6.07) is 6.46. The van der Waals surface area contributed by atoms with Crippen molar-refractivity contribution in [2.45, 2.75) is 0 Å². The summed E-state index contributed by atoms with van der Waals surface area (Å²) < 4.78 is 0. The second kappa shape index (κ2) is 8.07. The number of anilines is 1. The van der Waals surface area contributed by atoms with Crippen molar-refractivity contribution in [3.8, 4) is 11.1 Å². The maximum absolute atomic E-state index is 13.1. The third-order valence-electron chi connectivity index (χ3n) is 4.31. The van der Waals surface area contributed by atoms with Crippen molar-refractivity contribution in [2.75, 3.05) is 4.90 Å². The number of hydrogen-bond acceptors (Lipinski definition) is 7. The van der Waals surface area contributed by atoms with Crippen LogP contribution in [0.1, 0.15) is 5.56 Å². The minimum absolute atomic E-state index is 0.0264. The lowest BCUT2D eigenvalue weighted by molar-refractivity contribution is -0.383. The molecule has 0 bridgehead atoms. The van der Waals surface area contributed by atoms with Gasteiger partial charge in [-0.2, -0.15) is 11.3 Å². The van der Waals surface area contributed by atoms with E-state index in [4.69, 9.17) is 23.8 Å². The Morgan fingerprint density at radius 1 is 1.07 bits per heavy atom. The molecule has 0 unspecified atom stereocenters. The Kier molecular flexibility index (Phi) is 5.48. The van der Waals surface area contributed by atoms with Crippen LogP contribution in [0.2, 0.25) is 5.02 Å². The molecule has 7 nitrogen and oxygen atoms in total. The summed E-state index contributed by atoms with van der Waals surface area (Å²) in [7, 11) is 0. The largest absolute Gasteiger partial charge is 0.298 e. The van der Waals surface area contributed by atoms with Crippen molar-refractivity contribution in [3.63, 3.8) is 0 Å². The third kappa shape index (κ3) is 3.65. The number of thiocarbonyl (C=S) groups is 1. The molecule has 0 spiro atoms. The van der Waals surface area contributed by atoms with Crippen LogP contribution in [0.3, 0.4) is 0 Å². The van der Waals surface area contributed by atoms with Crippen molar-refractivity contribution >= 4 is 80.9 Å². The van der Waals surface area contributed by atoms with Crippen LogP contribution in [0.5, 0.6) is 0 Å². The third-order valence-corrected chi connectivity index (χ3v) is 6.34. The van der Waals surface area contributed by atoms with Gasteiger partial charge in [0.05, 0.1) is 21.6 Å². The predicted molar refractivity (Wildman–Crippen MR) is 122 cm³/mol. The van der Waals surface area contributed by atoms with E-state index in [1.807, 2.05) is 0 Å². The number of thiophene rings is 2. The van der Waals surface area contributed by atoms with Crippen LogP contribution in [0, 0.1) is 10.1 Å². The van der Waals surface area contributed by atoms with Crippen LogP contribution in [-0.4, -0.2) is 21.9 Å². The molecule has 3 heterocycles. The summed E-state index contributed by atoms with van der Waals surface area (Å²) in [5.74, 6) is -1.23. The second-order valence-electron chi connectivity index (χ2n) is 6.10. The van der Waals surface area contributed by atoms with Crippen LogP contribution in [0.25, 0.3) is 17.2 Å². The lowest BCUT2D eigenvalue weighted by Crippen LogP contribution is -2.54. The number of nitrogens with one attached hydrogen (secondary N) is 1.